The third kappa shape index (κ3) is 2.46. The largest absolute Gasteiger partial charge is 0.331 e. The average molecular weight is 267 g/mol. The van der Waals surface area contributed by atoms with Crippen LogP contribution in [0.25, 0.3) is 0 Å². The molecule has 1 amide bonds. The van der Waals surface area contributed by atoms with E-state index in [9.17, 15) is 14.9 Å². The summed E-state index contributed by atoms with van der Waals surface area (Å²) in [6.45, 7) is 0. The van der Waals surface area contributed by atoms with E-state index in [0.29, 0.717) is 0 Å². The second-order valence-electron chi connectivity index (χ2n) is 3.32. The number of carbonyl (C=O) groups is 1. The van der Waals surface area contributed by atoms with Gasteiger partial charge in [-0.05, 0) is 12.1 Å². The quantitative estimate of drug-likeness (QED) is 0.657. The number of rotatable bonds is 3. The summed E-state index contributed by atoms with van der Waals surface area (Å²) in [4.78, 5) is 28.3. The summed E-state index contributed by atoms with van der Waals surface area (Å²) in [6.07, 6.45) is 3.01. The molecule has 0 saturated heterocycles. The van der Waals surface area contributed by atoms with Crippen LogP contribution in [0.1, 0.15) is 10.4 Å². The van der Waals surface area contributed by atoms with E-state index in [4.69, 9.17) is 11.6 Å². The molecule has 2 aromatic rings. The monoisotopic (exact) mass is 266 g/mol. The molecule has 18 heavy (non-hydrogen) atoms. The first-order chi connectivity index (χ1) is 8.58. The molecule has 0 aliphatic heterocycles. The number of aromatic nitrogens is 2. The molecular formula is C10H7ClN4O3. The molecule has 1 aromatic heterocycles. The van der Waals surface area contributed by atoms with E-state index in [0.717, 1.165) is 6.07 Å². The molecule has 2 N–H and O–H groups in total. The van der Waals surface area contributed by atoms with Gasteiger partial charge < -0.3 is 4.98 Å². The summed E-state index contributed by atoms with van der Waals surface area (Å²) in [5.74, 6) is -0.248. The minimum Gasteiger partial charge on any atom is -0.331 e. The smallest absolute Gasteiger partial charge is 0.288 e. The molecule has 0 unspecified atom stereocenters. The molecule has 92 valence electrons. The number of nitro groups is 1. The van der Waals surface area contributed by atoms with Crippen molar-refractivity contribution in [1.29, 1.82) is 0 Å². The number of hydrogen-bond acceptors (Lipinski definition) is 4. The van der Waals surface area contributed by atoms with Crippen LogP contribution in [-0.2, 0) is 0 Å². The maximum atomic E-state index is 11.8. The van der Waals surface area contributed by atoms with E-state index >= 15 is 0 Å². The number of halogens is 1. The first-order valence-electron chi connectivity index (χ1n) is 4.82. The Balaban J connectivity index is 2.26. The Hall–Kier alpha value is -2.41. The van der Waals surface area contributed by atoms with Crippen molar-refractivity contribution in [2.75, 3.05) is 5.32 Å². The molecule has 0 aliphatic carbocycles. The van der Waals surface area contributed by atoms with Crippen LogP contribution >= 0.6 is 11.6 Å². The highest BCUT2D eigenvalue weighted by Crippen LogP contribution is 2.25. The highest BCUT2D eigenvalue weighted by Gasteiger charge is 2.16. The Morgan fingerprint density at radius 2 is 2.28 bits per heavy atom. The topological polar surface area (TPSA) is 101 Å². The van der Waals surface area contributed by atoms with Crippen LogP contribution in [0.15, 0.2) is 30.6 Å². The number of nitrogens with zero attached hydrogens (tertiary/aromatic N) is 2. The molecule has 0 spiro atoms. The molecule has 2 rings (SSSR count). The predicted octanol–water partition coefficient (Wildman–Crippen LogP) is 2.22. The van der Waals surface area contributed by atoms with Crippen LogP contribution in [0.5, 0.6) is 0 Å². The summed E-state index contributed by atoms with van der Waals surface area (Å²) in [5, 5.41) is 13.1. The van der Waals surface area contributed by atoms with Crippen LogP contribution < -0.4 is 5.32 Å². The van der Waals surface area contributed by atoms with Crippen molar-refractivity contribution < 1.29 is 9.72 Å². The number of benzene rings is 1. The molecule has 1 heterocycles. The Bertz CT molecular complexity index is 597. The van der Waals surface area contributed by atoms with Gasteiger partial charge in [-0.3, -0.25) is 20.2 Å². The molecule has 1 aromatic carbocycles. The summed E-state index contributed by atoms with van der Waals surface area (Å²) in [6, 6.07) is 3.81. The number of H-pyrrole nitrogens is 1. The highest BCUT2D eigenvalue weighted by atomic mass is 35.5. The van der Waals surface area contributed by atoms with Gasteiger partial charge >= 0.3 is 0 Å². The SMILES string of the molecule is O=C(Nc1ncc[nH]1)c1ccc(Cl)c([N+](=O)[O-])c1. The van der Waals surface area contributed by atoms with Gasteiger partial charge in [-0.2, -0.15) is 0 Å². The van der Waals surface area contributed by atoms with Gasteiger partial charge in [0.15, 0.2) is 0 Å². The number of anilines is 1. The molecule has 7 nitrogen and oxygen atoms in total. The molecule has 0 aliphatic rings. The lowest BCUT2D eigenvalue weighted by atomic mass is 10.2. The number of aromatic amines is 1. The third-order valence-electron chi connectivity index (χ3n) is 2.14. The molecule has 8 heteroatoms. The van der Waals surface area contributed by atoms with Gasteiger partial charge in [-0.25, -0.2) is 4.98 Å². The normalized spacial score (nSPS) is 10.1. The van der Waals surface area contributed by atoms with Crippen LogP contribution in [0.2, 0.25) is 5.02 Å². The summed E-state index contributed by atoms with van der Waals surface area (Å²) < 4.78 is 0. The second kappa shape index (κ2) is 4.84. The first-order valence-corrected chi connectivity index (χ1v) is 5.20. The van der Waals surface area contributed by atoms with E-state index in [1.807, 2.05) is 0 Å². The zero-order valence-electron chi connectivity index (χ0n) is 8.88. The predicted molar refractivity (Wildman–Crippen MR) is 64.6 cm³/mol. The van der Waals surface area contributed by atoms with Gasteiger partial charge in [0, 0.05) is 24.0 Å². The number of nitro benzene ring substituents is 1. The maximum Gasteiger partial charge on any atom is 0.288 e. The van der Waals surface area contributed by atoms with Gasteiger partial charge in [-0.1, -0.05) is 11.6 Å². The lowest BCUT2D eigenvalue weighted by Gasteiger charge is -2.02. The molecule has 0 fully saturated rings. The van der Waals surface area contributed by atoms with E-state index in [1.54, 1.807) is 6.20 Å². The van der Waals surface area contributed by atoms with Crippen molar-refractivity contribution in [3.8, 4) is 0 Å². The Morgan fingerprint density at radius 1 is 1.50 bits per heavy atom. The van der Waals surface area contributed by atoms with Crippen molar-refractivity contribution in [1.82, 2.24) is 9.97 Å². The number of hydrogen-bond donors (Lipinski definition) is 2. The van der Waals surface area contributed by atoms with Crippen molar-refractivity contribution >= 4 is 29.1 Å². The Kier molecular flexibility index (Phi) is 3.24. The minimum absolute atomic E-state index is 0.0189. The van der Waals surface area contributed by atoms with Crippen LogP contribution in [0.3, 0.4) is 0 Å². The van der Waals surface area contributed by atoms with E-state index in [2.05, 4.69) is 15.3 Å². The van der Waals surface area contributed by atoms with E-state index < -0.39 is 10.8 Å². The fourth-order valence-electron chi connectivity index (χ4n) is 1.31. The number of amides is 1. The Morgan fingerprint density at radius 3 is 2.89 bits per heavy atom. The van der Waals surface area contributed by atoms with E-state index in [1.165, 1.54) is 18.3 Å². The average Bonchev–Trinajstić information content (AvgIpc) is 2.81. The lowest BCUT2D eigenvalue weighted by molar-refractivity contribution is -0.384. The molecule has 0 atom stereocenters. The summed E-state index contributed by atoms with van der Waals surface area (Å²) in [5.41, 5.74) is -0.189. The molecule has 0 bridgehead atoms. The maximum absolute atomic E-state index is 11.8. The fourth-order valence-corrected chi connectivity index (χ4v) is 1.49. The van der Waals surface area contributed by atoms with Crippen LogP contribution in [0.4, 0.5) is 11.6 Å². The van der Waals surface area contributed by atoms with Crippen LogP contribution in [0, 0.1) is 10.1 Å². The van der Waals surface area contributed by atoms with Crippen molar-refractivity contribution in [2.45, 2.75) is 0 Å². The summed E-state index contributed by atoms with van der Waals surface area (Å²) in [7, 11) is 0. The zero-order chi connectivity index (χ0) is 13.1. The molecule has 0 saturated carbocycles. The van der Waals surface area contributed by atoms with Crippen molar-refractivity contribution in [2.24, 2.45) is 0 Å². The van der Waals surface area contributed by atoms with Gasteiger partial charge in [0.1, 0.15) is 5.02 Å². The van der Waals surface area contributed by atoms with Gasteiger partial charge in [0.2, 0.25) is 5.95 Å². The summed E-state index contributed by atoms with van der Waals surface area (Å²) >= 11 is 5.65. The van der Waals surface area contributed by atoms with Crippen molar-refractivity contribution in [3.05, 3.63) is 51.3 Å². The minimum atomic E-state index is -0.647. The highest BCUT2D eigenvalue weighted by molar-refractivity contribution is 6.32. The van der Waals surface area contributed by atoms with Gasteiger partial charge in [-0.15, -0.1) is 0 Å². The first kappa shape index (κ1) is 12.1. The lowest BCUT2D eigenvalue weighted by Crippen LogP contribution is -2.13. The third-order valence-corrected chi connectivity index (χ3v) is 2.45. The number of nitrogens with one attached hydrogen (secondary N) is 2. The van der Waals surface area contributed by atoms with Crippen LogP contribution in [-0.4, -0.2) is 20.8 Å². The Labute approximate surface area is 106 Å². The fraction of sp³-hybridized carbons (Fsp3) is 0. The zero-order valence-corrected chi connectivity index (χ0v) is 9.64. The molecular weight excluding hydrogens is 260 g/mol. The van der Waals surface area contributed by atoms with Gasteiger partial charge in [0.05, 0.1) is 4.92 Å². The number of imidazole rings is 1. The van der Waals surface area contributed by atoms with E-state index in [-0.39, 0.29) is 22.2 Å². The molecule has 0 radical (unpaired) electrons. The second-order valence-corrected chi connectivity index (χ2v) is 3.72. The number of carbonyl (C=O) groups excluding carboxylic acids is 1. The van der Waals surface area contributed by atoms with Crippen molar-refractivity contribution in [3.63, 3.8) is 0 Å². The van der Waals surface area contributed by atoms with Gasteiger partial charge in [0.25, 0.3) is 11.6 Å². The standard InChI is InChI=1S/C10H7ClN4O3/c11-7-2-1-6(5-8(7)15(17)18)9(16)14-10-12-3-4-13-10/h1-5H,(H2,12,13,14,16).